The normalized spacial score (nSPS) is 24.0. The van der Waals surface area contributed by atoms with Crippen LogP contribution in [0.3, 0.4) is 0 Å². The summed E-state index contributed by atoms with van der Waals surface area (Å²) in [5.41, 5.74) is 8.50. The predicted molar refractivity (Wildman–Crippen MR) is 85.2 cm³/mol. The molecule has 0 saturated carbocycles. The van der Waals surface area contributed by atoms with Gasteiger partial charge in [0.25, 0.3) is 0 Å². The van der Waals surface area contributed by atoms with Crippen molar-refractivity contribution in [3.05, 3.63) is 45.4 Å². The van der Waals surface area contributed by atoms with Gasteiger partial charge >= 0.3 is 0 Å². The van der Waals surface area contributed by atoms with Gasteiger partial charge in [0, 0.05) is 28.8 Å². The van der Waals surface area contributed by atoms with E-state index in [2.05, 4.69) is 18.2 Å². The third-order valence-electron chi connectivity index (χ3n) is 4.63. The number of para-hydroxylation sites is 1. The molecule has 0 radical (unpaired) electrons. The summed E-state index contributed by atoms with van der Waals surface area (Å²) >= 11 is 1.90. The molecule has 2 atom stereocenters. The molecule has 0 amide bonds. The van der Waals surface area contributed by atoms with Gasteiger partial charge in [-0.2, -0.15) is 0 Å². The highest BCUT2D eigenvalue weighted by atomic mass is 32.1. The van der Waals surface area contributed by atoms with Crippen molar-refractivity contribution in [3.8, 4) is 5.75 Å². The molecule has 0 saturated heterocycles. The van der Waals surface area contributed by atoms with E-state index >= 15 is 0 Å². The zero-order chi connectivity index (χ0) is 14.2. The third-order valence-corrected chi connectivity index (χ3v) is 5.87. The summed E-state index contributed by atoms with van der Waals surface area (Å²) in [7, 11) is 0. The van der Waals surface area contributed by atoms with Gasteiger partial charge in [0.05, 0.1) is 12.3 Å². The van der Waals surface area contributed by atoms with E-state index in [-0.39, 0.29) is 0 Å². The van der Waals surface area contributed by atoms with Crippen molar-refractivity contribution >= 4 is 11.3 Å². The number of hydrogen-bond donors (Lipinski definition) is 1. The van der Waals surface area contributed by atoms with Crippen LogP contribution < -0.4 is 10.5 Å². The van der Waals surface area contributed by atoms with Gasteiger partial charge in [0.2, 0.25) is 0 Å². The molecule has 2 heterocycles. The average Bonchev–Trinajstić information content (AvgIpc) is 2.98. The van der Waals surface area contributed by atoms with Crippen LogP contribution in [0.25, 0.3) is 0 Å². The minimum atomic E-state index is 0.393. The van der Waals surface area contributed by atoms with Crippen LogP contribution in [-0.2, 0) is 6.42 Å². The van der Waals surface area contributed by atoms with E-state index in [9.17, 15) is 0 Å². The summed E-state index contributed by atoms with van der Waals surface area (Å²) in [6.45, 7) is 1.51. The molecular formula is C17H20N2OS. The van der Waals surface area contributed by atoms with Gasteiger partial charge in [-0.1, -0.05) is 18.2 Å². The average molecular weight is 300 g/mol. The standard InChI is InChI=1S/C17H20N2OS/c18-10-11-4-3-7-15-16(11)19-17(21-15)13-8-9-20-14-6-2-1-5-12(13)14/h1-2,5-6,11,13H,3-4,7-10,18H2. The Morgan fingerprint density at radius 3 is 3.10 bits per heavy atom. The van der Waals surface area contributed by atoms with Crippen molar-refractivity contribution in [2.45, 2.75) is 37.5 Å². The lowest BCUT2D eigenvalue weighted by Crippen LogP contribution is -2.18. The van der Waals surface area contributed by atoms with E-state index < -0.39 is 0 Å². The number of aromatic nitrogens is 1. The molecule has 2 unspecified atom stereocenters. The summed E-state index contributed by atoms with van der Waals surface area (Å²) in [6, 6.07) is 8.38. The highest BCUT2D eigenvalue weighted by molar-refractivity contribution is 7.11. The van der Waals surface area contributed by atoms with Crippen molar-refractivity contribution in [3.63, 3.8) is 0 Å². The van der Waals surface area contributed by atoms with Gasteiger partial charge < -0.3 is 10.5 Å². The number of hydrogen-bond acceptors (Lipinski definition) is 4. The molecule has 1 aromatic carbocycles. The molecule has 2 N–H and O–H groups in total. The van der Waals surface area contributed by atoms with Crippen molar-refractivity contribution in [2.75, 3.05) is 13.2 Å². The number of fused-ring (bicyclic) bond motifs is 2. The molecule has 4 heteroatoms. The first kappa shape index (κ1) is 13.3. The van der Waals surface area contributed by atoms with Crippen molar-refractivity contribution in [1.82, 2.24) is 4.98 Å². The molecule has 110 valence electrons. The second-order valence-electron chi connectivity index (χ2n) is 5.91. The van der Waals surface area contributed by atoms with Crippen LogP contribution >= 0.6 is 11.3 Å². The first-order chi connectivity index (χ1) is 10.4. The molecule has 21 heavy (non-hydrogen) atoms. The predicted octanol–water partition coefficient (Wildman–Crippen LogP) is 3.44. The number of nitrogens with two attached hydrogens (primary N) is 1. The van der Waals surface area contributed by atoms with Crippen LogP contribution in [0.2, 0.25) is 0 Å². The zero-order valence-corrected chi connectivity index (χ0v) is 12.9. The fourth-order valence-electron chi connectivity index (χ4n) is 3.50. The lowest BCUT2D eigenvalue weighted by atomic mass is 9.90. The second kappa shape index (κ2) is 5.43. The monoisotopic (exact) mass is 300 g/mol. The Bertz CT molecular complexity index is 652. The maximum Gasteiger partial charge on any atom is 0.123 e. The van der Waals surface area contributed by atoms with E-state index in [0.717, 1.165) is 25.3 Å². The SMILES string of the molecule is NCC1CCCc2sc(C3CCOc4ccccc43)nc21. The van der Waals surface area contributed by atoms with Gasteiger partial charge in [-0.05, 0) is 31.7 Å². The smallest absolute Gasteiger partial charge is 0.123 e. The van der Waals surface area contributed by atoms with Crippen molar-refractivity contribution in [2.24, 2.45) is 5.73 Å². The van der Waals surface area contributed by atoms with Gasteiger partial charge in [-0.25, -0.2) is 4.98 Å². The van der Waals surface area contributed by atoms with Crippen LogP contribution in [0, 0.1) is 0 Å². The largest absolute Gasteiger partial charge is 0.493 e. The quantitative estimate of drug-likeness (QED) is 0.924. The maximum absolute atomic E-state index is 5.93. The minimum Gasteiger partial charge on any atom is -0.493 e. The van der Waals surface area contributed by atoms with E-state index in [4.69, 9.17) is 15.5 Å². The Kier molecular flexibility index (Phi) is 3.43. The molecule has 4 rings (SSSR count). The van der Waals surface area contributed by atoms with Crippen LogP contribution in [-0.4, -0.2) is 18.1 Å². The van der Waals surface area contributed by atoms with Crippen molar-refractivity contribution < 1.29 is 4.74 Å². The first-order valence-electron chi connectivity index (χ1n) is 7.78. The lowest BCUT2D eigenvalue weighted by molar-refractivity contribution is 0.276. The van der Waals surface area contributed by atoms with Crippen molar-refractivity contribution in [1.29, 1.82) is 0 Å². The van der Waals surface area contributed by atoms with Gasteiger partial charge in [-0.3, -0.25) is 0 Å². The van der Waals surface area contributed by atoms with E-state index in [1.165, 1.54) is 40.4 Å². The summed E-state index contributed by atoms with van der Waals surface area (Å²) in [5.74, 6) is 1.88. The minimum absolute atomic E-state index is 0.393. The van der Waals surface area contributed by atoms with Crippen LogP contribution in [0.5, 0.6) is 5.75 Å². The number of rotatable bonds is 2. The fourth-order valence-corrected chi connectivity index (χ4v) is 4.85. The van der Waals surface area contributed by atoms with Gasteiger partial charge in [0.15, 0.2) is 0 Å². The number of benzene rings is 1. The number of ether oxygens (including phenoxy) is 1. The summed E-state index contributed by atoms with van der Waals surface area (Å²) in [5, 5.41) is 1.26. The Balaban J connectivity index is 1.74. The Labute approximate surface area is 129 Å². The molecule has 1 aliphatic carbocycles. The van der Waals surface area contributed by atoms with E-state index in [1.807, 2.05) is 17.4 Å². The topological polar surface area (TPSA) is 48.1 Å². The maximum atomic E-state index is 5.93. The molecule has 0 fully saturated rings. The van der Waals surface area contributed by atoms with Gasteiger partial charge in [-0.15, -0.1) is 11.3 Å². The fraction of sp³-hybridized carbons (Fsp3) is 0.471. The highest BCUT2D eigenvalue weighted by Gasteiger charge is 2.29. The molecule has 1 aromatic heterocycles. The van der Waals surface area contributed by atoms with Crippen LogP contribution in [0.15, 0.2) is 24.3 Å². The lowest BCUT2D eigenvalue weighted by Gasteiger charge is -2.24. The number of thiazole rings is 1. The number of aryl methyl sites for hydroxylation is 1. The molecule has 1 aliphatic heterocycles. The van der Waals surface area contributed by atoms with E-state index in [0.29, 0.717) is 11.8 Å². The van der Waals surface area contributed by atoms with Crippen LogP contribution in [0.1, 0.15) is 52.2 Å². The summed E-state index contributed by atoms with van der Waals surface area (Å²) in [4.78, 5) is 6.48. The molecule has 0 spiro atoms. The molecule has 2 aliphatic rings. The zero-order valence-electron chi connectivity index (χ0n) is 12.0. The molecule has 3 nitrogen and oxygen atoms in total. The second-order valence-corrected chi connectivity index (χ2v) is 7.03. The highest BCUT2D eigenvalue weighted by Crippen LogP contribution is 2.42. The Morgan fingerprint density at radius 2 is 2.19 bits per heavy atom. The number of nitrogens with zero attached hydrogens (tertiary/aromatic N) is 1. The summed E-state index contributed by atoms with van der Waals surface area (Å²) < 4.78 is 5.78. The third kappa shape index (κ3) is 2.27. The molecule has 0 bridgehead atoms. The molecule has 2 aromatic rings. The van der Waals surface area contributed by atoms with Gasteiger partial charge in [0.1, 0.15) is 10.8 Å². The Hall–Kier alpha value is -1.39. The molecular weight excluding hydrogens is 280 g/mol. The van der Waals surface area contributed by atoms with E-state index in [1.54, 1.807) is 0 Å². The Morgan fingerprint density at radius 1 is 1.29 bits per heavy atom. The van der Waals surface area contributed by atoms with Crippen LogP contribution in [0.4, 0.5) is 0 Å². The summed E-state index contributed by atoms with van der Waals surface area (Å²) in [6.07, 6.45) is 4.64. The first-order valence-corrected chi connectivity index (χ1v) is 8.59.